The van der Waals surface area contributed by atoms with Gasteiger partial charge in [0, 0.05) is 36.5 Å². The number of amides is 1. The van der Waals surface area contributed by atoms with Crippen molar-refractivity contribution in [2.24, 2.45) is 0 Å². The van der Waals surface area contributed by atoms with Crippen LogP contribution in [-0.4, -0.2) is 29.0 Å². The number of benzene rings is 2. The maximum absolute atomic E-state index is 12.2. The summed E-state index contributed by atoms with van der Waals surface area (Å²) in [5.41, 5.74) is 1.85. The number of carbonyl (C=O) groups is 1. The maximum atomic E-state index is 12.2. The summed E-state index contributed by atoms with van der Waals surface area (Å²) in [4.78, 5) is 24.6. The molecule has 1 fully saturated rings. The first-order valence-electron chi connectivity index (χ1n) is 8.85. The molecule has 1 saturated heterocycles. The molecule has 7 nitrogen and oxygen atoms in total. The van der Waals surface area contributed by atoms with Crippen molar-refractivity contribution in [1.29, 1.82) is 0 Å². The first-order valence-corrected chi connectivity index (χ1v) is 9.64. The molecule has 28 heavy (non-hydrogen) atoms. The molecule has 0 atom stereocenters. The third-order valence-corrected chi connectivity index (χ3v) is 4.98. The van der Waals surface area contributed by atoms with Gasteiger partial charge in [-0.2, -0.15) is 0 Å². The lowest BCUT2D eigenvalue weighted by molar-refractivity contribution is -0.384. The number of carbonyl (C=O) groups excluding carboxylic acids is 1. The Balaban J connectivity index is 1.60. The summed E-state index contributed by atoms with van der Waals surface area (Å²) in [6, 6.07) is 10.9. The number of rotatable bonds is 4. The number of piperidine rings is 1. The molecule has 3 rings (SSSR count). The Bertz CT molecular complexity index is 899. The van der Waals surface area contributed by atoms with E-state index in [4.69, 9.17) is 23.8 Å². The molecule has 0 radical (unpaired) electrons. The fourth-order valence-corrected chi connectivity index (χ4v) is 3.56. The van der Waals surface area contributed by atoms with E-state index in [1.54, 1.807) is 6.07 Å². The van der Waals surface area contributed by atoms with Crippen molar-refractivity contribution < 1.29 is 9.72 Å². The van der Waals surface area contributed by atoms with E-state index >= 15 is 0 Å². The Kier molecular flexibility index (Phi) is 6.43. The lowest BCUT2D eigenvalue weighted by Gasteiger charge is -2.29. The van der Waals surface area contributed by atoms with Gasteiger partial charge in [0.1, 0.15) is 0 Å². The molecule has 1 aliphatic heterocycles. The number of nitrogens with zero attached hydrogens (tertiary/aromatic N) is 2. The van der Waals surface area contributed by atoms with E-state index in [2.05, 4.69) is 15.5 Å². The summed E-state index contributed by atoms with van der Waals surface area (Å²) in [5.74, 6) is -0.455. The van der Waals surface area contributed by atoms with Crippen molar-refractivity contribution in [3.05, 3.63) is 63.2 Å². The van der Waals surface area contributed by atoms with Crippen LogP contribution in [0, 0.1) is 10.1 Å². The van der Waals surface area contributed by atoms with Gasteiger partial charge in [-0.25, -0.2) is 0 Å². The second-order valence-corrected chi connectivity index (χ2v) is 7.24. The summed E-state index contributed by atoms with van der Waals surface area (Å²) < 4.78 is 0. The van der Waals surface area contributed by atoms with Crippen molar-refractivity contribution in [2.45, 2.75) is 19.3 Å². The van der Waals surface area contributed by atoms with Crippen molar-refractivity contribution >= 4 is 51.9 Å². The molecule has 9 heteroatoms. The van der Waals surface area contributed by atoms with Gasteiger partial charge in [0.25, 0.3) is 11.6 Å². The molecule has 0 aliphatic carbocycles. The molecule has 2 N–H and O–H groups in total. The Morgan fingerprint density at radius 2 is 1.79 bits per heavy atom. The molecule has 1 heterocycles. The molecular weight excluding hydrogens is 400 g/mol. The number of non-ortho nitro benzene ring substituents is 1. The van der Waals surface area contributed by atoms with E-state index in [9.17, 15) is 14.9 Å². The van der Waals surface area contributed by atoms with Crippen LogP contribution in [0.1, 0.15) is 29.6 Å². The van der Waals surface area contributed by atoms with E-state index in [-0.39, 0.29) is 16.4 Å². The van der Waals surface area contributed by atoms with Crippen LogP contribution in [0.3, 0.4) is 0 Å². The van der Waals surface area contributed by atoms with Gasteiger partial charge in [-0.1, -0.05) is 11.6 Å². The molecule has 0 unspecified atom stereocenters. The van der Waals surface area contributed by atoms with Crippen LogP contribution in [-0.2, 0) is 0 Å². The summed E-state index contributed by atoms with van der Waals surface area (Å²) >= 11 is 11.6. The lowest BCUT2D eigenvalue weighted by atomic mass is 10.1. The van der Waals surface area contributed by atoms with E-state index in [1.165, 1.54) is 30.7 Å². The number of nitrogens with one attached hydrogen (secondary N) is 2. The number of thiocarbonyl (C=S) groups is 1. The topological polar surface area (TPSA) is 87.5 Å². The van der Waals surface area contributed by atoms with Gasteiger partial charge < -0.3 is 10.2 Å². The van der Waals surface area contributed by atoms with Crippen molar-refractivity contribution in [2.75, 3.05) is 23.3 Å². The molecule has 1 aliphatic rings. The van der Waals surface area contributed by atoms with Gasteiger partial charge in [-0.05, 0) is 61.8 Å². The zero-order valence-electron chi connectivity index (χ0n) is 15.0. The Morgan fingerprint density at radius 3 is 2.39 bits per heavy atom. The van der Waals surface area contributed by atoms with Crippen LogP contribution in [0.4, 0.5) is 17.1 Å². The van der Waals surface area contributed by atoms with Gasteiger partial charge in [0.05, 0.1) is 15.6 Å². The number of hydrogen-bond acceptors (Lipinski definition) is 5. The minimum Gasteiger partial charge on any atom is -0.370 e. The third-order valence-electron chi connectivity index (χ3n) is 4.47. The molecule has 2 aromatic carbocycles. The lowest BCUT2D eigenvalue weighted by Crippen LogP contribution is -2.34. The van der Waals surface area contributed by atoms with Crippen LogP contribution in [0.15, 0.2) is 42.5 Å². The second-order valence-electron chi connectivity index (χ2n) is 6.43. The number of hydrogen-bond donors (Lipinski definition) is 2. The van der Waals surface area contributed by atoms with Crippen LogP contribution in [0.25, 0.3) is 0 Å². The molecular formula is C19H19ClN4O3S. The van der Waals surface area contributed by atoms with Crippen LogP contribution in [0.2, 0.25) is 5.02 Å². The van der Waals surface area contributed by atoms with Crippen molar-refractivity contribution in [3.63, 3.8) is 0 Å². The molecule has 1 amide bonds. The smallest absolute Gasteiger partial charge is 0.269 e. The summed E-state index contributed by atoms with van der Waals surface area (Å²) in [6.45, 7) is 1.99. The number of nitro benzene ring substituents is 1. The van der Waals surface area contributed by atoms with Gasteiger partial charge in [-0.15, -0.1) is 0 Å². The number of nitro groups is 1. The van der Waals surface area contributed by atoms with E-state index < -0.39 is 10.8 Å². The summed E-state index contributed by atoms with van der Waals surface area (Å²) in [6.07, 6.45) is 3.57. The Morgan fingerprint density at radius 1 is 1.11 bits per heavy atom. The third kappa shape index (κ3) is 4.96. The van der Waals surface area contributed by atoms with E-state index in [0.29, 0.717) is 10.7 Å². The predicted molar refractivity (Wildman–Crippen MR) is 114 cm³/mol. The highest BCUT2D eigenvalue weighted by Gasteiger charge is 2.15. The van der Waals surface area contributed by atoms with Gasteiger partial charge in [-0.3, -0.25) is 20.2 Å². The van der Waals surface area contributed by atoms with Crippen molar-refractivity contribution in [3.8, 4) is 0 Å². The van der Waals surface area contributed by atoms with Gasteiger partial charge in [0.2, 0.25) is 0 Å². The number of halogens is 1. The standard InChI is InChI=1S/C19H19ClN4O3S/c20-16-12-14(6-9-17(16)23-10-2-1-3-11-23)21-19(28)22-18(25)13-4-7-15(8-5-13)24(26)27/h4-9,12H,1-3,10-11H2,(H2,21,22,25,28). The normalized spacial score (nSPS) is 13.7. The molecule has 0 aromatic heterocycles. The van der Waals surface area contributed by atoms with Crippen LogP contribution < -0.4 is 15.5 Å². The molecule has 0 saturated carbocycles. The summed E-state index contributed by atoms with van der Waals surface area (Å²) in [5, 5.41) is 16.9. The average molecular weight is 419 g/mol. The Hall–Kier alpha value is -2.71. The fourth-order valence-electron chi connectivity index (χ4n) is 3.05. The zero-order chi connectivity index (χ0) is 20.1. The minimum absolute atomic E-state index is 0.0827. The quantitative estimate of drug-likeness (QED) is 0.435. The highest BCUT2D eigenvalue weighted by atomic mass is 35.5. The average Bonchev–Trinajstić information content (AvgIpc) is 2.68. The van der Waals surface area contributed by atoms with Crippen LogP contribution >= 0.6 is 23.8 Å². The molecule has 0 bridgehead atoms. The largest absolute Gasteiger partial charge is 0.370 e. The highest BCUT2D eigenvalue weighted by molar-refractivity contribution is 7.80. The number of anilines is 2. The first-order chi connectivity index (χ1) is 13.4. The SMILES string of the molecule is O=C(NC(=S)Nc1ccc(N2CCCCC2)c(Cl)c1)c1ccc([N+](=O)[O-])cc1. The monoisotopic (exact) mass is 418 g/mol. The first kappa shape index (κ1) is 20.0. The minimum atomic E-state index is -0.523. The zero-order valence-corrected chi connectivity index (χ0v) is 16.6. The molecule has 146 valence electrons. The highest BCUT2D eigenvalue weighted by Crippen LogP contribution is 2.30. The van der Waals surface area contributed by atoms with Gasteiger partial charge >= 0.3 is 0 Å². The summed E-state index contributed by atoms with van der Waals surface area (Å²) in [7, 11) is 0. The van der Waals surface area contributed by atoms with E-state index in [1.807, 2.05) is 12.1 Å². The van der Waals surface area contributed by atoms with Crippen LogP contribution in [0.5, 0.6) is 0 Å². The Labute approximate surface area is 172 Å². The molecule has 0 spiro atoms. The van der Waals surface area contributed by atoms with E-state index in [0.717, 1.165) is 31.6 Å². The second kappa shape index (κ2) is 8.99. The predicted octanol–water partition coefficient (Wildman–Crippen LogP) is 4.37. The molecule has 2 aromatic rings. The van der Waals surface area contributed by atoms with Gasteiger partial charge in [0.15, 0.2) is 5.11 Å². The maximum Gasteiger partial charge on any atom is 0.269 e. The fraction of sp³-hybridized carbons (Fsp3) is 0.263. The van der Waals surface area contributed by atoms with Crippen molar-refractivity contribution in [1.82, 2.24) is 5.32 Å².